The average Bonchev–Trinajstić information content (AvgIpc) is 2.38. The topological polar surface area (TPSA) is 21.3 Å². The number of anilines is 1. The van der Waals surface area contributed by atoms with Gasteiger partial charge in [0.25, 0.3) is 0 Å². The van der Waals surface area contributed by atoms with Gasteiger partial charge in [-0.25, -0.2) is 0 Å². The zero-order chi connectivity index (χ0) is 13.8. The van der Waals surface area contributed by atoms with Gasteiger partial charge < -0.3 is 10.1 Å². The minimum Gasteiger partial charge on any atom is -0.497 e. The van der Waals surface area contributed by atoms with Gasteiger partial charge in [-0.2, -0.15) is 0 Å². The number of ether oxygens (including phenoxy) is 1. The monoisotopic (exact) mass is 261 g/mol. The van der Waals surface area contributed by atoms with Gasteiger partial charge in [0.15, 0.2) is 0 Å². The fraction of sp³-hybridized carbons (Fsp3) is 0.647. The van der Waals surface area contributed by atoms with Crippen molar-refractivity contribution in [1.29, 1.82) is 0 Å². The predicted molar refractivity (Wildman–Crippen MR) is 81.7 cm³/mol. The van der Waals surface area contributed by atoms with Crippen molar-refractivity contribution in [3.05, 3.63) is 24.3 Å². The quantitative estimate of drug-likeness (QED) is 0.857. The van der Waals surface area contributed by atoms with E-state index in [1.165, 1.54) is 24.9 Å². The fourth-order valence-electron chi connectivity index (χ4n) is 3.30. The van der Waals surface area contributed by atoms with Gasteiger partial charge >= 0.3 is 0 Å². The van der Waals surface area contributed by atoms with Gasteiger partial charge in [-0.3, -0.25) is 0 Å². The van der Waals surface area contributed by atoms with E-state index in [1.54, 1.807) is 7.11 Å². The Morgan fingerprint density at radius 3 is 2.74 bits per heavy atom. The molecule has 3 atom stereocenters. The number of hydrogen-bond donors (Lipinski definition) is 1. The third-order valence-corrected chi connectivity index (χ3v) is 4.44. The van der Waals surface area contributed by atoms with E-state index in [4.69, 9.17) is 4.74 Å². The molecule has 0 spiro atoms. The molecule has 2 nitrogen and oxygen atoms in total. The Bertz CT molecular complexity index is 402. The zero-order valence-corrected chi connectivity index (χ0v) is 12.6. The molecule has 0 saturated heterocycles. The summed E-state index contributed by atoms with van der Waals surface area (Å²) >= 11 is 0. The summed E-state index contributed by atoms with van der Waals surface area (Å²) in [5.74, 6) is 3.28. The van der Waals surface area contributed by atoms with Crippen molar-refractivity contribution in [3.8, 4) is 5.75 Å². The zero-order valence-electron chi connectivity index (χ0n) is 12.6. The van der Waals surface area contributed by atoms with Crippen molar-refractivity contribution in [2.75, 3.05) is 12.4 Å². The second-order valence-corrected chi connectivity index (χ2v) is 6.31. The van der Waals surface area contributed by atoms with Crippen LogP contribution in [0.15, 0.2) is 24.3 Å². The van der Waals surface area contributed by atoms with Gasteiger partial charge in [0.1, 0.15) is 5.75 Å². The minimum absolute atomic E-state index is 0.593. The minimum atomic E-state index is 0.593. The first-order valence-corrected chi connectivity index (χ1v) is 7.50. The molecule has 1 N–H and O–H groups in total. The van der Waals surface area contributed by atoms with Crippen LogP contribution in [0.5, 0.6) is 5.75 Å². The largest absolute Gasteiger partial charge is 0.497 e. The molecule has 1 aliphatic rings. The molecule has 19 heavy (non-hydrogen) atoms. The summed E-state index contributed by atoms with van der Waals surface area (Å²) in [7, 11) is 1.72. The van der Waals surface area contributed by atoms with E-state index in [1.807, 2.05) is 6.07 Å². The highest BCUT2D eigenvalue weighted by Gasteiger charge is 2.30. The molecule has 1 aliphatic carbocycles. The third kappa shape index (κ3) is 3.65. The third-order valence-electron chi connectivity index (χ3n) is 4.44. The Hall–Kier alpha value is -1.18. The first kappa shape index (κ1) is 14.2. The number of benzene rings is 1. The van der Waals surface area contributed by atoms with Crippen molar-refractivity contribution in [1.82, 2.24) is 0 Å². The van der Waals surface area contributed by atoms with Crippen LogP contribution in [-0.2, 0) is 0 Å². The molecule has 2 rings (SSSR count). The van der Waals surface area contributed by atoms with Gasteiger partial charge in [0.05, 0.1) is 7.11 Å². The lowest BCUT2D eigenvalue weighted by atomic mass is 9.74. The second kappa shape index (κ2) is 6.31. The Balaban J connectivity index is 2.09. The molecule has 1 aromatic carbocycles. The Labute approximate surface area is 117 Å². The van der Waals surface area contributed by atoms with Crippen LogP contribution in [0.1, 0.15) is 40.0 Å². The van der Waals surface area contributed by atoms with E-state index in [9.17, 15) is 0 Å². The SMILES string of the molecule is COc1cccc(NC2CC(C)CCC2C(C)C)c1. The Kier molecular flexibility index (Phi) is 4.73. The van der Waals surface area contributed by atoms with Gasteiger partial charge in [-0.15, -0.1) is 0 Å². The van der Waals surface area contributed by atoms with E-state index in [0.717, 1.165) is 23.5 Å². The number of rotatable bonds is 4. The number of hydrogen-bond acceptors (Lipinski definition) is 2. The highest BCUT2D eigenvalue weighted by Crippen LogP contribution is 2.35. The van der Waals surface area contributed by atoms with Crippen LogP contribution >= 0.6 is 0 Å². The lowest BCUT2D eigenvalue weighted by Gasteiger charge is -2.38. The summed E-state index contributed by atoms with van der Waals surface area (Å²) in [5, 5.41) is 3.74. The lowest BCUT2D eigenvalue weighted by molar-refractivity contribution is 0.212. The Morgan fingerprint density at radius 2 is 2.05 bits per heavy atom. The molecule has 0 radical (unpaired) electrons. The summed E-state index contributed by atoms with van der Waals surface area (Å²) < 4.78 is 5.30. The smallest absolute Gasteiger partial charge is 0.120 e. The molecule has 1 saturated carbocycles. The highest BCUT2D eigenvalue weighted by atomic mass is 16.5. The highest BCUT2D eigenvalue weighted by molar-refractivity contribution is 5.49. The standard InChI is InChI=1S/C17H27NO/c1-12(2)16-9-8-13(3)10-17(16)18-14-6-5-7-15(11-14)19-4/h5-7,11-13,16-18H,8-10H2,1-4H3. The summed E-state index contributed by atoms with van der Waals surface area (Å²) in [6, 6.07) is 8.87. The second-order valence-electron chi connectivity index (χ2n) is 6.31. The van der Waals surface area contributed by atoms with Gasteiger partial charge in [-0.05, 0) is 42.7 Å². The van der Waals surface area contributed by atoms with Crippen LogP contribution in [0.25, 0.3) is 0 Å². The van der Waals surface area contributed by atoms with Crippen LogP contribution < -0.4 is 10.1 Å². The maximum Gasteiger partial charge on any atom is 0.120 e. The van der Waals surface area contributed by atoms with Crippen molar-refractivity contribution < 1.29 is 4.74 Å². The van der Waals surface area contributed by atoms with Gasteiger partial charge in [0.2, 0.25) is 0 Å². The summed E-state index contributed by atoms with van der Waals surface area (Å²) in [4.78, 5) is 0. The van der Waals surface area contributed by atoms with Crippen LogP contribution in [0, 0.1) is 17.8 Å². The van der Waals surface area contributed by atoms with Crippen molar-refractivity contribution in [2.24, 2.45) is 17.8 Å². The molecule has 1 aromatic rings. The van der Waals surface area contributed by atoms with Crippen molar-refractivity contribution in [3.63, 3.8) is 0 Å². The van der Waals surface area contributed by atoms with E-state index < -0.39 is 0 Å². The summed E-state index contributed by atoms with van der Waals surface area (Å²) in [5.41, 5.74) is 1.18. The summed E-state index contributed by atoms with van der Waals surface area (Å²) in [6.45, 7) is 7.07. The maximum atomic E-state index is 5.30. The number of nitrogens with one attached hydrogen (secondary N) is 1. The molecule has 0 heterocycles. The lowest BCUT2D eigenvalue weighted by Crippen LogP contribution is -2.37. The molecule has 0 bridgehead atoms. The molecule has 106 valence electrons. The van der Waals surface area contributed by atoms with Crippen molar-refractivity contribution in [2.45, 2.75) is 46.1 Å². The average molecular weight is 261 g/mol. The van der Waals surface area contributed by atoms with E-state index in [0.29, 0.717) is 6.04 Å². The van der Waals surface area contributed by atoms with Gasteiger partial charge in [0, 0.05) is 17.8 Å². The van der Waals surface area contributed by atoms with Crippen molar-refractivity contribution >= 4 is 5.69 Å². The van der Waals surface area contributed by atoms with E-state index >= 15 is 0 Å². The van der Waals surface area contributed by atoms with Gasteiger partial charge in [-0.1, -0.05) is 33.3 Å². The Morgan fingerprint density at radius 1 is 1.26 bits per heavy atom. The van der Waals surface area contributed by atoms with Crippen LogP contribution in [-0.4, -0.2) is 13.2 Å². The first-order chi connectivity index (χ1) is 9.10. The van der Waals surface area contributed by atoms with E-state index in [2.05, 4.69) is 44.3 Å². The van der Waals surface area contributed by atoms with Crippen LogP contribution in [0.2, 0.25) is 0 Å². The molecule has 0 aliphatic heterocycles. The molecule has 1 fully saturated rings. The van der Waals surface area contributed by atoms with Crippen LogP contribution in [0.3, 0.4) is 0 Å². The number of methoxy groups -OCH3 is 1. The van der Waals surface area contributed by atoms with Crippen LogP contribution in [0.4, 0.5) is 5.69 Å². The molecular weight excluding hydrogens is 234 g/mol. The molecule has 0 aromatic heterocycles. The summed E-state index contributed by atoms with van der Waals surface area (Å²) in [6.07, 6.45) is 4.00. The molecule has 2 heteroatoms. The predicted octanol–water partition coefficient (Wildman–Crippen LogP) is 4.57. The first-order valence-electron chi connectivity index (χ1n) is 7.50. The van der Waals surface area contributed by atoms with E-state index in [-0.39, 0.29) is 0 Å². The fourth-order valence-corrected chi connectivity index (χ4v) is 3.30. The normalized spacial score (nSPS) is 27.3. The molecular formula is C17H27NO. The maximum absolute atomic E-state index is 5.30. The molecule has 3 unspecified atom stereocenters. The molecule has 0 amide bonds.